The molecule has 0 bridgehead atoms. The molecule has 0 aliphatic rings. The SMILES string of the molecule is CCc1ccc(N(C)c2nc(CC)c(CN)s2)cc1. The molecular formula is C15H21N3S. The van der Waals surface area contributed by atoms with Gasteiger partial charge in [-0.05, 0) is 30.5 Å². The number of benzene rings is 1. The van der Waals surface area contributed by atoms with E-state index < -0.39 is 0 Å². The summed E-state index contributed by atoms with van der Waals surface area (Å²) >= 11 is 1.69. The van der Waals surface area contributed by atoms with E-state index in [1.54, 1.807) is 11.3 Å². The number of aromatic nitrogens is 1. The fourth-order valence-corrected chi connectivity index (χ4v) is 3.02. The van der Waals surface area contributed by atoms with Crippen LogP contribution in [0.2, 0.25) is 0 Å². The van der Waals surface area contributed by atoms with Crippen LogP contribution in [0.4, 0.5) is 10.8 Å². The van der Waals surface area contributed by atoms with Crippen LogP contribution in [0.25, 0.3) is 0 Å². The summed E-state index contributed by atoms with van der Waals surface area (Å²) in [6.07, 6.45) is 2.00. The number of hydrogen-bond donors (Lipinski definition) is 1. The molecule has 19 heavy (non-hydrogen) atoms. The van der Waals surface area contributed by atoms with Crippen LogP contribution in [0.15, 0.2) is 24.3 Å². The van der Waals surface area contributed by atoms with E-state index in [1.807, 2.05) is 0 Å². The van der Waals surface area contributed by atoms with E-state index in [-0.39, 0.29) is 0 Å². The van der Waals surface area contributed by atoms with Crippen LogP contribution in [0, 0.1) is 0 Å². The van der Waals surface area contributed by atoms with Crippen LogP contribution in [0.5, 0.6) is 0 Å². The third-order valence-electron chi connectivity index (χ3n) is 3.31. The monoisotopic (exact) mass is 275 g/mol. The van der Waals surface area contributed by atoms with Gasteiger partial charge in [-0.2, -0.15) is 0 Å². The third kappa shape index (κ3) is 2.96. The average molecular weight is 275 g/mol. The molecule has 2 aromatic rings. The molecule has 0 amide bonds. The molecule has 3 nitrogen and oxygen atoms in total. The average Bonchev–Trinajstić information content (AvgIpc) is 2.89. The van der Waals surface area contributed by atoms with E-state index in [9.17, 15) is 0 Å². The molecule has 0 spiro atoms. The third-order valence-corrected chi connectivity index (χ3v) is 4.50. The van der Waals surface area contributed by atoms with E-state index in [0.717, 1.165) is 29.4 Å². The van der Waals surface area contributed by atoms with E-state index >= 15 is 0 Å². The minimum atomic E-state index is 0.573. The van der Waals surface area contributed by atoms with Gasteiger partial charge in [0.1, 0.15) is 0 Å². The maximum Gasteiger partial charge on any atom is 0.190 e. The van der Waals surface area contributed by atoms with Gasteiger partial charge in [-0.25, -0.2) is 4.98 Å². The van der Waals surface area contributed by atoms with Gasteiger partial charge in [0.05, 0.1) is 5.69 Å². The van der Waals surface area contributed by atoms with Gasteiger partial charge < -0.3 is 10.6 Å². The molecule has 1 aromatic carbocycles. The minimum Gasteiger partial charge on any atom is -0.326 e. The summed E-state index contributed by atoms with van der Waals surface area (Å²) < 4.78 is 0. The van der Waals surface area contributed by atoms with Crippen molar-refractivity contribution in [2.75, 3.05) is 11.9 Å². The fourth-order valence-electron chi connectivity index (χ4n) is 2.01. The molecule has 0 atom stereocenters. The fraction of sp³-hybridized carbons (Fsp3) is 0.400. The number of hydrogen-bond acceptors (Lipinski definition) is 4. The molecule has 1 heterocycles. The zero-order chi connectivity index (χ0) is 13.8. The Balaban J connectivity index is 2.26. The van der Waals surface area contributed by atoms with Crippen LogP contribution in [0.1, 0.15) is 30.0 Å². The van der Waals surface area contributed by atoms with Gasteiger partial charge in [0.15, 0.2) is 5.13 Å². The Morgan fingerprint density at radius 2 is 1.84 bits per heavy atom. The quantitative estimate of drug-likeness (QED) is 0.908. The van der Waals surface area contributed by atoms with Crippen LogP contribution in [0.3, 0.4) is 0 Å². The van der Waals surface area contributed by atoms with Crippen molar-refractivity contribution in [2.24, 2.45) is 5.73 Å². The van der Waals surface area contributed by atoms with Gasteiger partial charge in [-0.3, -0.25) is 0 Å². The second-order valence-electron chi connectivity index (χ2n) is 4.50. The maximum absolute atomic E-state index is 5.77. The second-order valence-corrected chi connectivity index (χ2v) is 5.57. The Morgan fingerprint density at radius 3 is 2.32 bits per heavy atom. The number of nitrogens with two attached hydrogens (primary N) is 1. The first-order valence-electron chi connectivity index (χ1n) is 6.70. The van der Waals surface area contributed by atoms with Crippen molar-refractivity contribution in [2.45, 2.75) is 33.2 Å². The largest absolute Gasteiger partial charge is 0.326 e. The zero-order valence-corrected chi connectivity index (χ0v) is 12.6. The smallest absolute Gasteiger partial charge is 0.190 e. The molecule has 102 valence electrons. The molecule has 0 aliphatic carbocycles. The molecular weight excluding hydrogens is 254 g/mol. The maximum atomic E-state index is 5.77. The minimum absolute atomic E-state index is 0.573. The lowest BCUT2D eigenvalue weighted by Crippen LogP contribution is -2.09. The number of thiazole rings is 1. The molecule has 2 N–H and O–H groups in total. The second kappa shape index (κ2) is 6.17. The molecule has 2 rings (SSSR count). The van der Waals surface area contributed by atoms with Crippen molar-refractivity contribution in [1.82, 2.24) is 4.98 Å². The molecule has 0 saturated heterocycles. The van der Waals surface area contributed by atoms with Gasteiger partial charge in [0.2, 0.25) is 0 Å². The van der Waals surface area contributed by atoms with E-state index in [4.69, 9.17) is 5.73 Å². The van der Waals surface area contributed by atoms with Gasteiger partial charge in [0, 0.05) is 24.2 Å². The molecule has 0 fully saturated rings. The first-order valence-corrected chi connectivity index (χ1v) is 7.52. The Labute approximate surface area is 119 Å². The molecule has 1 aromatic heterocycles. The summed E-state index contributed by atoms with van der Waals surface area (Å²) in [6.45, 7) is 4.86. The van der Waals surface area contributed by atoms with Crippen LogP contribution >= 0.6 is 11.3 Å². The first kappa shape index (κ1) is 14.0. The lowest BCUT2D eigenvalue weighted by atomic mass is 10.1. The Hall–Kier alpha value is -1.39. The highest BCUT2D eigenvalue weighted by Gasteiger charge is 2.13. The molecule has 0 saturated carbocycles. The Bertz CT molecular complexity index is 509. The number of nitrogens with zero attached hydrogens (tertiary/aromatic N) is 2. The van der Waals surface area contributed by atoms with Crippen molar-refractivity contribution in [1.29, 1.82) is 0 Å². The van der Waals surface area contributed by atoms with Crippen LogP contribution in [-0.2, 0) is 19.4 Å². The Kier molecular flexibility index (Phi) is 4.56. The normalized spacial score (nSPS) is 10.7. The summed E-state index contributed by atoms with van der Waals surface area (Å²) in [5.41, 5.74) is 9.41. The van der Waals surface area contributed by atoms with Crippen molar-refractivity contribution < 1.29 is 0 Å². The molecule has 0 radical (unpaired) electrons. The molecule has 4 heteroatoms. The highest BCUT2D eigenvalue weighted by molar-refractivity contribution is 7.15. The Morgan fingerprint density at radius 1 is 1.16 bits per heavy atom. The van der Waals surface area contributed by atoms with E-state index in [0.29, 0.717) is 6.54 Å². The predicted molar refractivity (Wildman–Crippen MR) is 83.3 cm³/mol. The van der Waals surface area contributed by atoms with Gasteiger partial charge in [0.25, 0.3) is 0 Å². The lowest BCUT2D eigenvalue weighted by Gasteiger charge is -2.16. The molecule has 0 aliphatic heterocycles. The van der Waals surface area contributed by atoms with Gasteiger partial charge in [-0.15, -0.1) is 0 Å². The highest BCUT2D eigenvalue weighted by Crippen LogP contribution is 2.30. The number of rotatable bonds is 5. The van der Waals surface area contributed by atoms with E-state index in [1.165, 1.54) is 10.4 Å². The highest BCUT2D eigenvalue weighted by atomic mass is 32.1. The summed E-state index contributed by atoms with van der Waals surface area (Å²) in [4.78, 5) is 8.00. The van der Waals surface area contributed by atoms with Crippen LogP contribution in [-0.4, -0.2) is 12.0 Å². The number of anilines is 2. The first-order chi connectivity index (χ1) is 9.19. The topological polar surface area (TPSA) is 42.2 Å². The summed E-state index contributed by atoms with van der Waals surface area (Å²) in [7, 11) is 2.06. The van der Waals surface area contributed by atoms with Crippen molar-refractivity contribution >= 4 is 22.2 Å². The summed E-state index contributed by atoms with van der Waals surface area (Å²) in [5, 5.41) is 1.02. The standard InChI is InChI=1S/C15H21N3S/c1-4-11-6-8-12(9-7-11)18(3)15-17-13(5-2)14(10-16)19-15/h6-9H,4-5,10,16H2,1-3H3. The van der Waals surface area contributed by atoms with Crippen molar-refractivity contribution in [3.8, 4) is 0 Å². The van der Waals surface area contributed by atoms with Crippen molar-refractivity contribution in [3.05, 3.63) is 40.4 Å². The summed E-state index contributed by atoms with van der Waals surface area (Å²) in [5.74, 6) is 0. The summed E-state index contributed by atoms with van der Waals surface area (Å²) in [6, 6.07) is 8.63. The lowest BCUT2D eigenvalue weighted by molar-refractivity contribution is 0.981. The predicted octanol–water partition coefficient (Wildman–Crippen LogP) is 3.49. The van der Waals surface area contributed by atoms with Gasteiger partial charge in [-0.1, -0.05) is 37.3 Å². The van der Waals surface area contributed by atoms with E-state index in [2.05, 4.69) is 55.0 Å². The van der Waals surface area contributed by atoms with Crippen LogP contribution < -0.4 is 10.6 Å². The number of aryl methyl sites for hydroxylation is 2. The molecule has 0 unspecified atom stereocenters. The zero-order valence-electron chi connectivity index (χ0n) is 11.8. The van der Waals surface area contributed by atoms with Gasteiger partial charge >= 0.3 is 0 Å². The van der Waals surface area contributed by atoms with Crippen molar-refractivity contribution in [3.63, 3.8) is 0 Å².